The second kappa shape index (κ2) is 5.42. The molecule has 3 aromatic rings. The first-order valence-electron chi connectivity index (χ1n) is 6.98. The maximum absolute atomic E-state index is 5.42. The molecule has 0 aliphatic carbocycles. The molecule has 1 N–H and O–H groups in total. The van der Waals surface area contributed by atoms with E-state index in [-0.39, 0.29) is 0 Å². The average Bonchev–Trinajstić information content (AvgIpc) is 3.22. The number of aromatic nitrogens is 4. The zero-order chi connectivity index (χ0) is 14.1. The quantitative estimate of drug-likeness (QED) is 0.801. The van der Waals surface area contributed by atoms with Gasteiger partial charge in [0, 0.05) is 18.2 Å². The van der Waals surface area contributed by atoms with Gasteiger partial charge in [-0.1, -0.05) is 29.5 Å². The highest BCUT2D eigenvalue weighted by atomic mass is 32.1. The number of anilines is 1. The van der Waals surface area contributed by atoms with Gasteiger partial charge >= 0.3 is 0 Å². The SMILES string of the molecule is c1ccc(NCc2nn3c(C4CCOC4)nnc3s2)cc1. The van der Waals surface area contributed by atoms with Crippen LogP contribution in [0.4, 0.5) is 5.69 Å². The second-order valence-electron chi connectivity index (χ2n) is 5.03. The molecule has 7 heteroatoms. The van der Waals surface area contributed by atoms with Crippen molar-refractivity contribution in [2.45, 2.75) is 18.9 Å². The number of nitrogens with zero attached hydrogens (tertiary/aromatic N) is 4. The number of benzene rings is 1. The van der Waals surface area contributed by atoms with Crippen LogP contribution in [0.3, 0.4) is 0 Å². The fourth-order valence-corrected chi connectivity index (χ4v) is 3.25. The highest BCUT2D eigenvalue weighted by molar-refractivity contribution is 7.16. The monoisotopic (exact) mass is 301 g/mol. The van der Waals surface area contributed by atoms with Gasteiger partial charge in [-0.15, -0.1) is 10.2 Å². The molecule has 0 radical (unpaired) electrons. The van der Waals surface area contributed by atoms with Crippen LogP contribution in [0.5, 0.6) is 0 Å². The summed E-state index contributed by atoms with van der Waals surface area (Å²) in [5.74, 6) is 1.24. The van der Waals surface area contributed by atoms with Gasteiger partial charge in [-0.25, -0.2) is 0 Å². The van der Waals surface area contributed by atoms with E-state index >= 15 is 0 Å². The predicted molar refractivity (Wildman–Crippen MR) is 80.6 cm³/mol. The van der Waals surface area contributed by atoms with E-state index in [1.807, 2.05) is 34.8 Å². The Morgan fingerprint density at radius 3 is 3.00 bits per heavy atom. The Balaban J connectivity index is 1.54. The van der Waals surface area contributed by atoms with Crippen molar-refractivity contribution in [1.29, 1.82) is 0 Å². The third-order valence-corrected chi connectivity index (χ3v) is 4.47. The standard InChI is InChI=1S/C14H15N5OS/c1-2-4-11(5-3-1)15-8-12-18-19-13(10-6-7-20-9-10)16-17-14(19)21-12/h1-5,10,15H,6-9H2. The number of rotatable bonds is 4. The van der Waals surface area contributed by atoms with Gasteiger partial charge in [-0.05, 0) is 18.6 Å². The molecule has 6 nitrogen and oxygen atoms in total. The number of nitrogens with one attached hydrogen (secondary N) is 1. The Bertz CT molecular complexity index is 732. The van der Waals surface area contributed by atoms with Crippen LogP contribution in [-0.2, 0) is 11.3 Å². The summed E-state index contributed by atoms with van der Waals surface area (Å²) < 4.78 is 7.29. The fourth-order valence-electron chi connectivity index (χ4n) is 2.47. The first kappa shape index (κ1) is 12.7. The summed E-state index contributed by atoms with van der Waals surface area (Å²) in [7, 11) is 0. The third kappa shape index (κ3) is 2.50. The highest BCUT2D eigenvalue weighted by Gasteiger charge is 2.24. The van der Waals surface area contributed by atoms with Crippen LogP contribution in [0.1, 0.15) is 23.2 Å². The molecule has 1 aliphatic rings. The van der Waals surface area contributed by atoms with Crippen molar-refractivity contribution < 1.29 is 4.74 Å². The summed E-state index contributed by atoms with van der Waals surface area (Å²) in [6.07, 6.45) is 0.996. The molecule has 1 aliphatic heterocycles. The lowest BCUT2D eigenvalue weighted by atomic mass is 10.1. The molecule has 0 saturated carbocycles. The maximum atomic E-state index is 5.42. The number of hydrogen-bond donors (Lipinski definition) is 1. The normalized spacial score (nSPS) is 18.4. The molecule has 108 valence electrons. The Morgan fingerprint density at radius 2 is 2.19 bits per heavy atom. The zero-order valence-corrected chi connectivity index (χ0v) is 12.2. The summed E-state index contributed by atoms with van der Waals surface area (Å²) in [6.45, 7) is 2.21. The van der Waals surface area contributed by atoms with Gasteiger partial charge < -0.3 is 10.1 Å². The lowest BCUT2D eigenvalue weighted by Crippen LogP contribution is -2.06. The van der Waals surface area contributed by atoms with Crippen molar-refractivity contribution in [3.05, 3.63) is 41.2 Å². The number of fused-ring (bicyclic) bond motifs is 1. The summed E-state index contributed by atoms with van der Waals surface area (Å²) in [4.78, 5) is 0.849. The lowest BCUT2D eigenvalue weighted by Gasteiger charge is -2.03. The molecular weight excluding hydrogens is 286 g/mol. The molecule has 0 spiro atoms. The van der Waals surface area contributed by atoms with Gasteiger partial charge in [0.25, 0.3) is 0 Å². The third-order valence-electron chi connectivity index (χ3n) is 3.57. The molecule has 2 aromatic heterocycles. The summed E-state index contributed by atoms with van der Waals surface area (Å²) in [5.41, 5.74) is 1.09. The van der Waals surface area contributed by atoms with E-state index in [9.17, 15) is 0 Å². The van der Waals surface area contributed by atoms with Crippen LogP contribution >= 0.6 is 11.3 Å². The summed E-state index contributed by atoms with van der Waals surface area (Å²) in [6, 6.07) is 10.1. The Kier molecular flexibility index (Phi) is 3.28. The summed E-state index contributed by atoms with van der Waals surface area (Å²) in [5, 5.41) is 17.5. The Hall–Kier alpha value is -1.99. The van der Waals surface area contributed by atoms with Crippen LogP contribution < -0.4 is 5.32 Å². The van der Waals surface area contributed by atoms with Crippen LogP contribution in [0.15, 0.2) is 30.3 Å². The minimum atomic E-state index is 0.317. The zero-order valence-electron chi connectivity index (χ0n) is 11.4. The molecule has 1 saturated heterocycles. The van der Waals surface area contributed by atoms with E-state index in [2.05, 4.69) is 20.6 Å². The maximum Gasteiger partial charge on any atom is 0.234 e. The molecule has 1 fully saturated rings. The lowest BCUT2D eigenvalue weighted by molar-refractivity contribution is 0.193. The van der Waals surface area contributed by atoms with Gasteiger partial charge in [-0.2, -0.15) is 9.61 Å². The highest BCUT2D eigenvalue weighted by Crippen LogP contribution is 2.25. The minimum absolute atomic E-state index is 0.317. The molecule has 1 aromatic carbocycles. The predicted octanol–water partition coefficient (Wildman–Crippen LogP) is 2.30. The summed E-state index contributed by atoms with van der Waals surface area (Å²) >= 11 is 1.57. The van der Waals surface area contributed by atoms with E-state index < -0.39 is 0 Å². The van der Waals surface area contributed by atoms with Crippen molar-refractivity contribution in [3.8, 4) is 0 Å². The van der Waals surface area contributed by atoms with E-state index in [1.165, 1.54) is 0 Å². The topological polar surface area (TPSA) is 64.3 Å². The average molecular weight is 301 g/mol. The second-order valence-corrected chi connectivity index (χ2v) is 6.07. The van der Waals surface area contributed by atoms with Crippen LogP contribution in [0.25, 0.3) is 4.96 Å². The van der Waals surface area contributed by atoms with Gasteiger partial charge in [0.2, 0.25) is 4.96 Å². The molecule has 0 amide bonds. The first-order valence-corrected chi connectivity index (χ1v) is 7.79. The van der Waals surface area contributed by atoms with E-state index in [1.54, 1.807) is 11.3 Å². The van der Waals surface area contributed by atoms with Crippen LogP contribution in [0.2, 0.25) is 0 Å². The van der Waals surface area contributed by atoms with Gasteiger partial charge in [0.05, 0.1) is 13.2 Å². The van der Waals surface area contributed by atoms with Crippen molar-refractivity contribution in [3.63, 3.8) is 0 Å². The number of para-hydroxylation sites is 1. The fraction of sp³-hybridized carbons (Fsp3) is 0.357. The van der Waals surface area contributed by atoms with Crippen molar-refractivity contribution in [2.24, 2.45) is 0 Å². The minimum Gasteiger partial charge on any atom is -0.381 e. The Labute approximate surface area is 125 Å². The smallest absolute Gasteiger partial charge is 0.234 e. The van der Waals surface area contributed by atoms with Crippen molar-refractivity contribution in [1.82, 2.24) is 19.8 Å². The number of ether oxygens (including phenoxy) is 1. The molecule has 21 heavy (non-hydrogen) atoms. The Morgan fingerprint density at radius 1 is 1.29 bits per heavy atom. The largest absolute Gasteiger partial charge is 0.381 e. The molecule has 4 rings (SSSR count). The van der Waals surface area contributed by atoms with Gasteiger partial charge in [-0.3, -0.25) is 0 Å². The van der Waals surface area contributed by atoms with Crippen molar-refractivity contribution >= 4 is 22.0 Å². The molecule has 0 bridgehead atoms. The molecule has 1 unspecified atom stereocenters. The molecule has 3 heterocycles. The van der Waals surface area contributed by atoms with E-state index in [0.29, 0.717) is 12.5 Å². The number of hydrogen-bond acceptors (Lipinski definition) is 6. The van der Waals surface area contributed by atoms with Gasteiger partial charge in [0.1, 0.15) is 5.01 Å². The van der Waals surface area contributed by atoms with Gasteiger partial charge in [0.15, 0.2) is 5.82 Å². The van der Waals surface area contributed by atoms with E-state index in [4.69, 9.17) is 4.74 Å². The van der Waals surface area contributed by atoms with Crippen LogP contribution in [0, 0.1) is 0 Å². The van der Waals surface area contributed by atoms with Crippen molar-refractivity contribution in [2.75, 3.05) is 18.5 Å². The molecule has 1 atom stereocenters. The van der Waals surface area contributed by atoms with Crippen LogP contribution in [-0.4, -0.2) is 33.0 Å². The first-order chi connectivity index (χ1) is 10.4. The molecular formula is C14H15N5OS. The van der Waals surface area contributed by atoms with E-state index in [0.717, 1.165) is 41.1 Å².